The number of methoxy groups -OCH3 is 1. The van der Waals surface area contributed by atoms with Gasteiger partial charge in [-0.25, -0.2) is 0 Å². The molecule has 132 valence electrons. The van der Waals surface area contributed by atoms with E-state index in [1.54, 1.807) is 13.2 Å². The third kappa shape index (κ3) is 4.21. The number of nitrogens with one attached hydrogen (secondary N) is 1. The van der Waals surface area contributed by atoms with Gasteiger partial charge in [0.25, 0.3) is 0 Å². The highest BCUT2D eigenvalue weighted by Gasteiger charge is 2.31. The fourth-order valence-electron chi connectivity index (χ4n) is 2.57. The van der Waals surface area contributed by atoms with E-state index in [1.807, 2.05) is 36.4 Å². The van der Waals surface area contributed by atoms with Crippen LogP contribution in [0.2, 0.25) is 5.02 Å². The summed E-state index contributed by atoms with van der Waals surface area (Å²) >= 11 is 7.93. The molecule has 2 aromatic carbocycles. The molecule has 1 heterocycles. The average molecular weight is 380 g/mol. The van der Waals surface area contributed by atoms with Crippen LogP contribution in [-0.4, -0.2) is 30.0 Å². The van der Waals surface area contributed by atoms with E-state index in [1.165, 1.54) is 11.8 Å². The largest absolute Gasteiger partial charge is 0.493 e. The Balaban J connectivity index is 1.78. The molecule has 1 fully saturated rings. The number of halogens is 1. The standard InChI is InChI=1S/C18H18ClNO4S/c1-23-15-8-12(17-20-14(10-25-17)18(21)22)7-13(19)16(15)24-9-11-5-3-2-4-6-11/h2-8,14,17,20H,9-10H2,1H3,(H,21,22). The highest BCUT2D eigenvalue weighted by molar-refractivity contribution is 7.99. The average Bonchev–Trinajstić information content (AvgIpc) is 3.11. The molecule has 1 aliphatic heterocycles. The fourth-order valence-corrected chi connectivity index (χ4v) is 4.05. The number of hydrogen-bond donors (Lipinski definition) is 2. The van der Waals surface area contributed by atoms with E-state index in [0.29, 0.717) is 28.9 Å². The maximum absolute atomic E-state index is 11.1. The Morgan fingerprint density at radius 1 is 1.36 bits per heavy atom. The first kappa shape index (κ1) is 17.9. The first-order chi connectivity index (χ1) is 12.1. The SMILES string of the molecule is COc1cc(C2NC(C(=O)O)CS2)cc(Cl)c1OCc1ccccc1. The quantitative estimate of drug-likeness (QED) is 0.797. The third-order valence-corrected chi connectivity index (χ3v) is 5.41. The second-order valence-electron chi connectivity index (χ2n) is 5.58. The molecule has 0 radical (unpaired) electrons. The maximum Gasteiger partial charge on any atom is 0.321 e. The lowest BCUT2D eigenvalue weighted by molar-refractivity contribution is -0.138. The molecule has 25 heavy (non-hydrogen) atoms. The molecule has 0 amide bonds. The number of ether oxygens (including phenoxy) is 2. The van der Waals surface area contributed by atoms with Gasteiger partial charge in [-0.15, -0.1) is 11.8 Å². The lowest BCUT2D eigenvalue weighted by atomic mass is 10.1. The van der Waals surface area contributed by atoms with Crippen molar-refractivity contribution in [3.05, 3.63) is 58.6 Å². The molecule has 0 bridgehead atoms. The van der Waals surface area contributed by atoms with Crippen LogP contribution in [-0.2, 0) is 11.4 Å². The van der Waals surface area contributed by atoms with Gasteiger partial charge in [-0.05, 0) is 23.3 Å². The van der Waals surface area contributed by atoms with E-state index in [2.05, 4.69) is 5.32 Å². The smallest absolute Gasteiger partial charge is 0.321 e. The molecular weight excluding hydrogens is 362 g/mol. The Morgan fingerprint density at radius 3 is 2.76 bits per heavy atom. The van der Waals surface area contributed by atoms with E-state index >= 15 is 0 Å². The Hall–Kier alpha value is -1.89. The zero-order chi connectivity index (χ0) is 17.8. The molecule has 3 rings (SSSR count). The van der Waals surface area contributed by atoms with Gasteiger partial charge in [-0.2, -0.15) is 0 Å². The zero-order valence-corrected chi connectivity index (χ0v) is 15.1. The minimum atomic E-state index is -0.851. The van der Waals surface area contributed by atoms with Crippen LogP contribution in [0.3, 0.4) is 0 Å². The molecule has 2 unspecified atom stereocenters. The van der Waals surface area contributed by atoms with E-state index in [0.717, 1.165) is 11.1 Å². The predicted molar refractivity (Wildman–Crippen MR) is 98.5 cm³/mol. The number of hydrogen-bond acceptors (Lipinski definition) is 5. The van der Waals surface area contributed by atoms with Gasteiger partial charge < -0.3 is 14.6 Å². The van der Waals surface area contributed by atoms with Gasteiger partial charge in [0.05, 0.1) is 17.5 Å². The van der Waals surface area contributed by atoms with Crippen LogP contribution in [0.4, 0.5) is 0 Å². The van der Waals surface area contributed by atoms with Gasteiger partial charge in [-0.1, -0.05) is 41.9 Å². The molecule has 0 spiro atoms. The molecule has 5 nitrogen and oxygen atoms in total. The first-order valence-corrected chi connectivity index (χ1v) is 9.15. The molecule has 7 heteroatoms. The van der Waals surface area contributed by atoms with Crippen molar-refractivity contribution < 1.29 is 19.4 Å². The van der Waals surface area contributed by atoms with Crippen molar-refractivity contribution in [3.8, 4) is 11.5 Å². The van der Waals surface area contributed by atoms with Crippen LogP contribution in [0.25, 0.3) is 0 Å². The number of aliphatic carboxylic acids is 1. The molecule has 0 aliphatic carbocycles. The van der Waals surface area contributed by atoms with Crippen molar-refractivity contribution in [2.24, 2.45) is 0 Å². The summed E-state index contributed by atoms with van der Waals surface area (Å²) < 4.78 is 11.3. The summed E-state index contributed by atoms with van der Waals surface area (Å²) in [6.45, 7) is 0.383. The van der Waals surface area contributed by atoms with Crippen LogP contribution in [0.15, 0.2) is 42.5 Å². The number of benzene rings is 2. The number of rotatable bonds is 6. The minimum absolute atomic E-state index is 0.143. The lowest BCUT2D eigenvalue weighted by Gasteiger charge is -2.17. The molecular formula is C18H18ClNO4S. The van der Waals surface area contributed by atoms with Crippen molar-refractivity contribution >= 4 is 29.3 Å². The van der Waals surface area contributed by atoms with Crippen molar-refractivity contribution in [1.29, 1.82) is 0 Å². The van der Waals surface area contributed by atoms with Crippen molar-refractivity contribution in [1.82, 2.24) is 5.32 Å². The molecule has 2 atom stereocenters. The van der Waals surface area contributed by atoms with E-state index in [4.69, 9.17) is 26.2 Å². The van der Waals surface area contributed by atoms with Crippen LogP contribution >= 0.6 is 23.4 Å². The molecule has 2 N–H and O–H groups in total. The Morgan fingerprint density at radius 2 is 2.12 bits per heavy atom. The van der Waals surface area contributed by atoms with Crippen LogP contribution in [0, 0.1) is 0 Å². The first-order valence-electron chi connectivity index (χ1n) is 7.73. The van der Waals surface area contributed by atoms with Gasteiger partial charge in [0.2, 0.25) is 0 Å². The Kier molecular flexibility index (Phi) is 5.73. The summed E-state index contributed by atoms with van der Waals surface area (Å²) in [6.07, 6.45) is 0. The molecule has 0 saturated carbocycles. The minimum Gasteiger partial charge on any atom is -0.493 e. The van der Waals surface area contributed by atoms with Gasteiger partial charge in [-0.3, -0.25) is 10.1 Å². The summed E-state index contributed by atoms with van der Waals surface area (Å²) in [5, 5.41) is 12.5. The van der Waals surface area contributed by atoms with Crippen LogP contribution in [0.1, 0.15) is 16.5 Å². The topological polar surface area (TPSA) is 67.8 Å². The second kappa shape index (κ2) is 7.99. The maximum atomic E-state index is 11.1. The van der Waals surface area contributed by atoms with Crippen LogP contribution < -0.4 is 14.8 Å². The normalized spacial score (nSPS) is 19.6. The highest BCUT2D eigenvalue weighted by Crippen LogP contribution is 2.42. The summed E-state index contributed by atoms with van der Waals surface area (Å²) in [5.41, 5.74) is 1.89. The van der Waals surface area contributed by atoms with Crippen molar-refractivity contribution in [2.75, 3.05) is 12.9 Å². The predicted octanol–water partition coefficient (Wildman–Crippen LogP) is 3.72. The second-order valence-corrected chi connectivity index (χ2v) is 7.12. The van der Waals surface area contributed by atoms with E-state index in [9.17, 15) is 4.79 Å². The third-order valence-electron chi connectivity index (χ3n) is 3.86. The van der Waals surface area contributed by atoms with Gasteiger partial charge in [0.1, 0.15) is 12.6 Å². The summed E-state index contributed by atoms with van der Waals surface area (Å²) in [4.78, 5) is 11.1. The molecule has 0 aromatic heterocycles. The highest BCUT2D eigenvalue weighted by atomic mass is 35.5. The lowest BCUT2D eigenvalue weighted by Crippen LogP contribution is -2.33. The van der Waals surface area contributed by atoms with Crippen molar-refractivity contribution in [3.63, 3.8) is 0 Å². The number of carboxylic acid groups (broad SMARTS) is 1. The van der Waals surface area contributed by atoms with Crippen LogP contribution in [0.5, 0.6) is 11.5 Å². The summed E-state index contributed by atoms with van der Waals surface area (Å²) in [5.74, 6) is 0.664. The monoisotopic (exact) mass is 379 g/mol. The van der Waals surface area contributed by atoms with Gasteiger partial charge in [0.15, 0.2) is 11.5 Å². The molecule has 1 saturated heterocycles. The zero-order valence-electron chi connectivity index (χ0n) is 13.6. The van der Waals surface area contributed by atoms with Gasteiger partial charge >= 0.3 is 5.97 Å². The summed E-state index contributed by atoms with van der Waals surface area (Å²) in [7, 11) is 1.56. The van der Waals surface area contributed by atoms with E-state index in [-0.39, 0.29) is 5.37 Å². The summed E-state index contributed by atoms with van der Waals surface area (Å²) in [6, 6.07) is 12.8. The number of thioether (sulfide) groups is 1. The van der Waals surface area contributed by atoms with E-state index < -0.39 is 12.0 Å². The number of carboxylic acids is 1. The molecule has 2 aromatic rings. The Bertz CT molecular complexity index is 756. The fraction of sp³-hybridized carbons (Fsp3) is 0.278. The molecule has 1 aliphatic rings. The van der Waals surface area contributed by atoms with Crippen molar-refractivity contribution in [2.45, 2.75) is 18.0 Å². The Labute approximate surface area is 155 Å². The number of carbonyl (C=O) groups is 1. The van der Waals surface area contributed by atoms with Gasteiger partial charge in [0, 0.05) is 5.75 Å².